The SMILES string of the molecule is CN(Cc1ccccc1)c1ccnc(NCCc2cccc(Cl)c2)n1. The van der Waals surface area contributed by atoms with Crippen LogP contribution in [0.3, 0.4) is 0 Å². The van der Waals surface area contributed by atoms with Gasteiger partial charge in [0, 0.05) is 31.4 Å². The van der Waals surface area contributed by atoms with Gasteiger partial charge in [-0.3, -0.25) is 0 Å². The molecular weight excluding hydrogens is 332 g/mol. The fraction of sp³-hybridized carbons (Fsp3) is 0.200. The minimum atomic E-state index is 0.638. The van der Waals surface area contributed by atoms with Crippen LogP contribution in [-0.4, -0.2) is 23.6 Å². The average molecular weight is 353 g/mol. The number of anilines is 2. The van der Waals surface area contributed by atoms with Gasteiger partial charge < -0.3 is 10.2 Å². The summed E-state index contributed by atoms with van der Waals surface area (Å²) in [4.78, 5) is 11.0. The molecule has 0 saturated heterocycles. The van der Waals surface area contributed by atoms with E-state index in [1.54, 1.807) is 6.20 Å². The van der Waals surface area contributed by atoms with E-state index in [0.29, 0.717) is 5.95 Å². The van der Waals surface area contributed by atoms with E-state index >= 15 is 0 Å². The third-order valence-corrected chi connectivity index (χ3v) is 4.12. The average Bonchev–Trinajstić information content (AvgIpc) is 2.63. The van der Waals surface area contributed by atoms with Crippen LogP contribution in [0.5, 0.6) is 0 Å². The summed E-state index contributed by atoms with van der Waals surface area (Å²) in [5.74, 6) is 1.53. The first-order valence-corrected chi connectivity index (χ1v) is 8.65. The molecule has 0 aliphatic rings. The zero-order valence-electron chi connectivity index (χ0n) is 14.2. The highest BCUT2D eigenvalue weighted by molar-refractivity contribution is 6.30. The van der Waals surface area contributed by atoms with Crippen LogP contribution < -0.4 is 10.2 Å². The highest BCUT2D eigenvalue weighted by Crippen LogP contribution is 2.14. The molecular formula is C20H21ClN4. The Morgan fingerprint density at radius 1 is 1.00 bits per heavy atom. The lowest BCUT2D eigenvalue weighted by molar-refractivity contribution is 0.887. The van der Waals surface area contributed by atoms with E-state index in [2.05, 4.69) is 38.4 Å². The summed E-state index contributed by atoms with van der Waals surface area (Å²) in [6.45, 7) is 1.56. The largest absolute Gasteiger partial charge is 0.355 e. The van der Waals surface area contributed by atoms with Gasteiger partial charge in [0.15, 0.2) is 0 Å². The zero-order chi connectivity index (χ0) is 17.5. The maximum atomic E-state index is 6.01. The molecule has 2 aromatic carbocycles. The molecule has 0 atom stereocenters. The molecule has 0 saturated carbocycles. The van der Waals surface area contributed by atoms with Crippen molar-refractivity contribution in [2.75, 3.05) is 23.8 Å². The van der Waals surface area contributed by atoms with Gasteiger partial charge in [-0.05, 0) is 35.7 Å². The molecule has 0 aliphatic carbocycles. The Morgan fingerprint density at radius 2 is 1.80 bits per heavy atom. The normalized spacial score (nSPS) is 10.5. The van der Waals surface area contributed by atoms with Crippen LogP contribution in [0.15, 0.2) is 66.9 Å². The summed E-state index contributed by atoms with van der Waals surface area (Å²) >= 11 is 6.01. The van der Waals surface area contributed by atoms with Crippen molar-refractivity contribution < 1.29 is 0 Å². The molecule has 0 spiro atoms. The monoisotopic (exact) mass is 352 g/mol. The number of nitrogens with one attached hydrogen (secondary N) is 1. The molecule has 1 heterocycles. The second-order valence-electron chi connectivity index (χ2n) is 5.89. The van der Waals surface area contributed by atoms with Gasteiger partial charge in [0.05, 0.1) is 0 Å². The minimum Gasteiger partial charge on any atom is -0.355 e. The van der Waals surface area contributed by atoms with Crippen LogP contribution in [0.4, 0.5) is 11.8 Å². The number of hydrogen-bond acceptors (Lipinski definition) is 4. The molecule has 4 nitrogen and oxygen atoms in total. The summed E-state index contributed by atoms with van der Waals surface area (Å²) in [5.41, 5.74) is 2.44. The molecule has 1 aromatic heterocycles. The van der Waals surface area contributed by atoms with E-state index < -0.39 is 0 Å². The van der Waals surface area contributed by atoms with Crippen LogP contribution in [0.25, 0.3) is 0 Å². The molecule has 0 aliphatic heterocycles. The Bertz CT molecular complexity index is 808. The van der Waals surface area contributed by atoms with Crippen molar-refractivity contribution in [2.24, 2.45) is 0 Å². The van der Waals surface area contributed by atoms with Crippen LogP contribution in [0.2, 0.25) is 5.02 Å². The molecule has 0 amide bonds. The van der Waals surface area contributed by atoms with Gasteiger partial charge in [-0.15, -0.1) is 0 Å². The fourth-order valence-corrected chi connectivity index (χ4v) is 2.81. The zero-order valence-corrected chi connectivity index (χ0v) is 14.9. The number of benzene rings is 2. The predicted molar refractivity (Wildman–Crippen MR) is 104 cm³/mol. The maximum absolute atomic E-state index is 6.01. The molecule has 5 heteroatoms. The van der Waals surface area contributed by atoms with Crippen molar-refractivity contribution in [3.8, 4) is 0 Å². The summed E-state index contributed by atoms with van der Waals surface area (Å²) in [6, 6.07) is 20.2. The van der Waals surface area contributed by atoms with Crippen molar-refractivity contribution in [3.05, 3.63) is 83.0 Å². The second-order valence-corrected chi connectivity index (χ2v) is 6.32. The number of halogens is 1. The summed E-state index contributed by atoms with van der Waals surface area (Å²) < 4.78 is 0. The van der Waals surface area contributed by atoms with Crippen molar-refractivity contribution in [3.63, 3.8) is 0 Å². The van der Waals surface area contributed by atoms with Crippen LogP contribution in [0.1, 0.15) is 11.1 Å². The van der Waals surface area contributed by atoms with E-state index in [-0.39, 0.29) is 0 Å². The van der Waals surface area contributed by atoms with Gasteiger partial charge in [0.1, 0.15) is 5.82 Å². The standard InChI is InChI=1S/C20H21ClN4/c1-25(15-17-6-3-2-4-7-17)19-11-13-23-20(24-19)22-12-10-16-8-5-9-18(21)14-16/h2-9,11,13-14H,10,12,15H2,1H3,(H,22,23,24). The predicted octanol–water partition coefficient (Wildman–Crippen LogP) is 4.42. The van der Waals surface area contributed by atoms with E-state index in [0.717, 1.165) is 30.4 Å². The Labute approximate surface area is 153 Å². The molecule has 0 radical (unpaired) electrons. The second kappa shape index (κ2) is 8.49. The van der Waals surface area contributed by atoms with Crippen molar-refractivity contribution in [2.45, 2.75) is 13.0 Å². The first-order chi connectivity index (χ1) is 12.2. The number of hydrogen-bond donors (Lipinski definition) is 1. The first kappa shape index (κ1) is 17.2. The third-order valence-electron chi connectivity index (χ3n) is 3.88. The maximum Gasteiger partial charge on any atom is 0.224 e. The fourth-order valence-electron chi connectivity index (χ4n) is 2.60. The molecule has 25 heavy (non-hydrogen) atoms. The summed E-state index contributed by atoms with van der Waals surface area (Å²) in [5, 5.41) is 4.04. The number of rotatable bonds is 7. The molecule has 128 valence electrons. The Morgan fingerprint density at radius 3 is 2.60 bits per heavy atom. The highest BCUT2D eigenvalue weighted by Gasteiger charge is 2.05. The number of aromatic nitrogens is 2. The van der Waals surface area contributed by atoms with Crippen molar-refractivity contribution >= 4 is 23.4 Å². The quantitative estimate of drug-likeness (QED) is 0.683. The lowest BCUT2D eigenvalue weighted by atomic mass is 10.1. The van der Waals surface area contributed by atoms with E-state index in [9.17, 15) is 0 Å². The van der Waals surface area contributed by atoms with Crippen LogP contribution in [-0.2, 0) is 13.0 Å². The lowest BCUT2D eigenvalue weighted by Crippen LogP contribution is -2.18. The molecule has 3 aromatic rings. The Balaban J connectivity index is 1.57. The smallest absolute Gasteiger partial charge is 0.224 e. The highest BCUT2D eigenvalue weighted by atomic mass is 35.5. The number of nitrogens with zero attached hydrogens (tertiary/aromatic N) is 3. The Hall–Kier alpha value is -2.59. The van der Waals surface area contributed by atoms with Gasteiger partial charge in [-0.1, -0.05) is 54.1 Å². The summed E-state index contributed by atoms with van der Waals surface area (Å²) in [6.07, 6.45) is 2.65. The molecule has 0 bridgehead atoms. The molecule has 3 rings (SSSR count). The van der Waals surface area contributed by atoms with Crippen molar-refractivity contribution in [1.29, 1.82) is 0 Å². The van der Waals surface area contributed by atoms with Gasteiger partial charge in [0.2, 0.25) is 5.95 Å². The van der Waals surface area contributed by atoms with E-state index in [4.69, 9.17) is 11.6 Å². The molecule has 0 fully saturated rings. The van der Waals surface area contributed by atoms with Gasteiger partial charge in [-0.25, -0.2) is 4.98 Å². The molecule has 0 unspecified atom stereocenters. The van der Waals surface area contributed by atoms with Crippen LogP contribution in [0, 0.1) is 0 Å². The van der Waals surface area contributed by atoms with E-state index in [1.165, 1.54) is 11.1 Å². The van der Waals surface area contributed by atoms with Crippen molar-refractivity contribution in [1.82, 2.24) is 9.97 Å². The Kier molecular flexibility index (Phi) is 5.86. The van der Waals surface area contributed by atoms with Gasteiger partial charge >= 0.3 is 0 Å². The van der Waals surface area contributed by atoms with E-state index in [1.807, 2.05) is 49.5 Å². The summed E-state index contributed by atoms with van der Waals surface area (Å²) in [7, 11) is 2.03. The topological polar surface area (TPSA) is 41.1 Å². The lowest BCUT2D eigenvalue weighted by Gasteiger charge is -2.18. The van der Waals surface area contributed by atoms with Gasteiger partial charge in [-0.2, -0.15) is 4.98 Å². The third kappa shape index (κ3) is 5.19. The minimum absolute atomic E-state index is 0.638. The van der Waals surface area contributed by atoms with Gasteiger partial charge in [0.25, 0.3) is 0 Å². The molecule has 1 N–H and O–H groups in total. The first-order valence-electron chi connectivity index (χ1n) is 8.27. The van der Waals surface area contributed by atoms with Crippen LogP contribution >= 0.6 is 11.6 Å².